The first-order chi connectivity index (χ1) is 36.6. The second-order valence-corrected chi connectivity index (χ2v) is 20.0. The van der Waals surface area contributed by atoms with Gasteiger partial charge in [0, 0.05) is 75.7 Å². The predicted molar refractivity (Wildman–Crippen MR) is 280 cm³/mol. The molecule has 0 aliphatic heterocycles. The summed E-state index contributed by atoms with van der Waals surface area (Å²) in [5, 5.41) is 66.9. The molecule has 0 saturated carbocycles. The molecule has 13 N–H and O–H groups in total. The van der Waals surface area contributed by atoms with E-state index in [2.05, 4.69) is 31.2 Å². The molecule has 1 aromatic rings. The molecule has 7 atom stereocenters. The van der Waals surface area contributed by atoms with Crippen molar-refractivity contribution in [2.45, 2.75) is 223 Å². The van der Waals surface area contributed by atoms with Crippen molar-refractivity contribution < 1.29 is 83.4 Å². The molecule has 77 heavy (non-hydrogen) atoms. The monoisotopic (exact) mass is 1090 g/mol. The van der Waals surface area contributed by atoms with Crippen molar-refractivity contribution >= 4 is 64.9 Å². The Kier molecular flexibility index (Phi) is 36.7. The lowest BCUT2D eigenvalue weighted by atomic mass is 9.89. The van der Waals surface area contributed by atoms with Gasteiger partial charge in [-0.15, -0.1) is 0 Å². The Balaban J connectivity index is 2.46. The van der Waals surface area contributed by atoms with Crippen LogP contribution in [0.1, 0.15) is 192 Å². The van der Waals surface area contributed by atoms with Crippen LogP contribution in [0.3, 0.4) is 0 Å². The molecule has 1 unspecified atom stereocenters. The highest BCUT2D eigenvalue weighted by Crippen LogP contribution is 2.19. The molecule has 0 aromatic carbocycles. The topological polar surface area (TPSA) is 412 Å². The number of carboxylic acid groups (broad SMARTS) is 5. The first kappa shape index (κ1) is 68.9. The Labute approximate surface area is 450 Å². The molecule has 3 amide bonds. The van der Waals surface area contributed by atoms with Crippen molar-refractivity contribution in [3.63, 3.8) is 0 Å². The standard InChI is InChI=1S/C53H87N7O17/c1-35(61)49(53(76)77)57-33-44(64)36(21-26-43(63)40(54)31-38-32-55-34-58-38)18-16-17-29-56-45(65)28-25-42(52(74)75)60-47(67)27-22-37(50(70)71)30-39(62)23-24-41(51(72)73)59-46(66)19-14-12-10-8-6-4-2-3-5-7-9-11-13-15-20-48(68)69/h32,34-37,40-42,49,57,61H,2-31,33,54H2,1H3,(H,55,58)(H,56,65)(H,59,66)(H,60,67)(H,68,69)(H,70,71)(H,72,73)(H,74,75)(H,76,77)/t35-,36-,37-,40+,41+,42+,49?/m1/s1. The first-order valence-corrected chi connectivity index (χ1v) is 27.3. The number of ketones is 3. The summed E-state index contributed by atoms with van der Waals surface area (Å²) in [6.07, 6.45) is 14.9. The van der Waals surface area contributed by atoms with E-state index in [1.54, 1.807) is 0 Å². The van der Waals surface area contributed by atoms with Crippen LogP contribution in [0, 0.1) is 11.8 Å². The third kappa shape index (κ3) is 34.3. The molecule has 0 saturated heterocycles. The molecule has 1 rings (SSSR count). The molecule has 436 valence electrons. The number of aromatic nitrogens is 2. The van der Waals surface area contributed by atoms with E-state index in [4.69, 9.17) is 10.8 Å². The summed E-state index contributed by atoms with van der Waals surface area (Å²) in [7, 11) is 0. The lowest BCUT2D eigenvalue weighted by molar-refractivity contribution is -0.145. The number of carbonyl (C=O) groups is 11. The zero-order chi connectivity index (χ0) is 57.5. The summed E-state index contributed by atoms with van der Waals surface area (Å²) < 4.78 is 0. The summed E-state index contributed by atoms with van der Waals surface area (Å²) in [5.41, 5.74) is 6.72. The van der Waals surface area contributed by atoms with E-state index in [0.717, 1.165) is 70.6 Å². The molecule has 1 aromatic heterocycles. The van der Waals surface area contributed by atoms with Crippen molar-refractivity contribution in [2.75, 3.05) is 13.1 Å². The van der Waals surface area contributed by atoms with Gasteiger partial charge >= 0.3 is 29.8 Å². The largest absolute Gasteiger partial charge is 0.481 e. The molecule has 0 spiro atoms. The van der Waals surface area contributed by atoms with E-state index in [-0.39, 0.29) is 95.3 Å². The van der Waals surface area contributed by atoms with Crippen molar-refractivity contribution in [1.29, 1.82) is 0 Å². The fraction of sp³-hybridized carbons (Fsp3) is 0.736. The first-order valence-electron chi connectivity index (χ1n) is 27.3. The summed E-state index contributed by atoms with van der Waals surface area (Å²) in [6, 6.07) is -5.12. The maximum Gasteiger partial charge on any atom is 0.326 e. The van der Waals surface area contributed by atoms with Crippen LogP contribution in [-0.2, 0) is 59.2 Å². The molecule has 0 bridgehead atoms. The minimum Gasteiger partial charge on any atom is -0.481 e. The second kappa shape index (κ2) is 41.0. The summed E-state index contributed by atoms with van der Waals surface area (Å²) in [4.78, 5) is 141. The molecule has 24 nitrogen and oxygen atoms in total. The maximum atomic E-state index is 13.2. The lowest BCUT2D eigenvalue weighted by Crippen LogP contribution is -2.47. The number of rotatable bonds is 50. The van der Waals surface area contributed by atoms with Gasteiger partial charge in [0.1, 0.15) is 35.5 Å². The molecular weight excluding hydrogens is 1010 g/mol. The van der Waals surface area contributed by atoms with Gasteiger partial charge in [0.05, 0.1) is 30.9 Å². The Morgan fingerprint density at radius 1 is 0.545 bits per heavy atom. The zero-order valence-electron chi connectivity index (χ0n) is 44.8. The SMILES string of the molecule is C[C@@H](O)C(NCC(=O)[C@H](CCCCNC(=O)CC[C@H](NC(=O)CC[C@H](CC(=O)CC[C@H](NC(=O)CCCCCCCCCCCCCCCCC(=O)O)C(=O)O)C(=O)O)C(=O)O)CCC(=O)[C@@H](N)Cc1cnc[nH]1)C(=O)O. The predicted octanol–water partition coefficient (Wildman–Crippen LogP) is 3.99. The fourth-order valence-corrected chi connectivity index (χ4v) is 8.67. The van der Waals surface area contributed by atoms with Gasteiger partial charge in [-0.05, 0) is 58.3 Å². The highest BCUT2D eigenvalue weighted by atomic mass is 16.4. The Morgan fingerprint density at radius 2 is 1.05 bits per heavy atom. The Morgan fingerprint density at radius 3 is 1.55 bits per heavy atom. The van der Waals surface area contributed by atoms with E-state index >= 15 is 0 Å². The van der Waals surface area contributed by atoms with Gasteiger partial charge in [-0.2, -0.15) is 0 Å². The van der Waals surface area contributed by atoms with Crippen LogP contribution < -0.4 is 27.0 Å². The van der Waals surface area contributed by atoms with Gasteiger partial charge in [0.25, 0.3) is 0 Å². The number of hydrogen-bond donors (Lipinski definition) is 12. The number of unbranched alkanes of at least 4 members (excludes halogenated alkanes) is 14. The number of nitrogens with two attached hydrogens (primary N) is 1. The Bertz CT molecular complexity index is 1980. The van der Waals surface area contributed by atoms with Crippen LogP contribution in [0.25, 0.3) is 0 Å². The van der Waals surface area contributed by atoms with Crippen molar-refractivity contribution in [3.8, 4) is 0 Å². The van der Waals surface area contributed by atoms with Gasteiger partial charge in [-0.25, -0.2) is 14.6 Å². The summed E-state index contributed by atoms with van der Waals surface area (Å²) >= 11 is 0. The second-order valence-electron chi connectivity index (χ2n) is 20.0. The number of Topliss-reactive ketones (excluding diaryl/α,β-unsaturated/α-hetero) is 3. The van der Waals surface area contributed by atoms with Crippen LogP contribution in [0.15, 0.2) is 12.5 Å². The number of hydrogen-bond acceptors (Lipinski definition) is 15. The van der Waals surface area contributed by atoms with Gasteiger partial charge in [-0.3, -0.25) is 48.5 Å². The number of amides is 3. The van der Waals surface area contributed by atoms with Crippen LogP contribution in [0.5, 0.6) is 0 Å². The number of aromatic amines is 1. The molecule has 0 aliphatic carbocycles. The molecule has 1 heterocycles. The van der Waals surface area contributed by atoms with E-state index in [1.807, 2.05) is 0 Å². The molecular formula is C53H87N7O17. The summed E-state index contributed by atoms with van der Waals surface area (Å²) in [5.74, 6) is -11.4. The number of carbonyl (C=O) groups excluding carboxylic acids is 6. The van der Waals surface area contributed by atoms with E-state index in [9.17, 15) is 78.3 Å². The summed E-state index contributed by atoms with van der Waals surface area (Å²) in [6.45, 7) is 1.01. The van der Waals surface area contributed by atoms with Crippen LogP contribution in [0.2, 0.25) is 0 Å². The van der Waals surface area contributed by atoms with E-state index < -0.39 is 108 Å². The number of imidazole rings is 1. The number of nitrogens with zero attached hydrogens (tertiary/aromatic N) is 1. The van der Waals surface area contributed by atoms with Gasteiger partial charge in [-0.1, -0.05) is 83.5 Å². The highest BCUT2D eigenvalue weighted by Gasteiger charge is 2.29. The van der Waals surface area contributed by atoms with E-state index in [0.29, 0.717) is 25.0 Å². The minimum atomic E-state index is -1.51. The molecule has 0 radical (unpaired) electrons. The number of aliphatic carboxylic acids is 5. The van der Waals surface area contributed by atoms with Gasteiger partial charge in [0.15, 0.2) is 0 Å². The average molecular weight is 1090 g/mol. The number of nitrogens with one attached hydrogen (secondary N) is 5. The zero-order valence-corrected chi connectivity index (χ0v) is 44.8. The quantitative estimate of drug-likeness (QED) is 0.0410. The third-order valence-corrected chi connectivity index (χ3v) is 13.4. The Hall–Kier alpha value is -6.14. The molecule has 24 heteroatoms. The van der Waals surface area contributed by atoms with Crippen LogP contribution >= 0.6 is 0 Å². The highest BCUT2D eigenvalue weighted by molar-refractivity contribution is 5.88. The molecule has 0 aliphatic rings. The number of carboxylic acids is 5. The van der Waals surface area contributed by atoms with E-state index in [1.165, 1.54) is 32.3 Å². The average Bonchev–Trinajstić information content (AvgIpc) is 3.88. The normalized spacial score (nSPS) is 14.0. The van der Waals surface area contributed by atoms with Crippen molar-refractivity contribution in [2.24, 2.45) is 17.6 Å². The number of H-pyrrole nitrogens is 1. The minimum absolute atomic E-state index is 0.0318. The lowest BCUT2D eigenvalue weighted by Gasteiger charge is -2.20. The maximum absolute atomic E-state index is 13.2. The van der Waals surface area contributed by atoms with Crippen LogP contribution in [-0.4, -0.2) is 149 Å². The van der Waals surface area contributed by atoms with Gasteiger partial charge in [0.2, 0.25) is 17.7 Å². The fourth-order valence-electron chi connectivity index (χ4n) is 8.67. The third-order valence-electron chi connectivity index (χ3n) is 13.4. The smallest absolute Gasteiger partial charge is 0.326 e. The number of aliphatic hydroxyl groups excluding tert-OH is 1. The van der Waals surface area contributed by atoms with Crippen molar-refractivity contribution in [1.82, 2.24) is 31.2 Å². The van der Waals surface area contributed by atoms with Gasteiger partial charge < -0.3 is 57.3 Å². The molecule has 0 fully saturated rings. The van der Waals surface area contributed by atoms with Crippen molar-refractivity contribution in [3.05, 3.63) is 18.2 Å². The number of aliphatic hydroxyl groups is 1. The van der Waals surface area contributed by atoms with Crippen LogP contribution in [0.4, 0.5) is 0 Å².